The zero-order valence-electron chi connectivity index (χ0n) is 21.2. The molecule has 4 aromatic rings. The van der Waals surface area contributed by atoms with Gasteiger partial charge in [0.15, 0.2) is 5.58 Å². The van der Waals surface area contributed by atoms with E-state index in [9.17, 15) is 19.8 Å². The first-order valence-electron chi connectivity index (χ1n) is 12.9. The summed E-state index contributed by atoms with van der Waals surface area (Å²) in [6.45, 7) is 4.04. The van der Waals surface area contributed by atoms with Gasteiger partial charge in [-0.15, -0.1) is 22.7 Å². The Morgan fingerprint density at radius 3 is 2.39 bits per heavy atom. The molecule has 1 aliphatic rings. The maximum absolute atomic E-state index is 13.3. The topological polar surface area (TPSA) is 105 Å². The minimum absolute atomic E-state index is 0.103. The minimum Gasteiger partial charge on any atom is -0.460 e. The van der Waals surface area contributed by atoms with E-state index in [0.29, 0.717) is 40.0 Å². The van der Waals surface area contributed by atoms with E-state index in [1.54, 1.807) is 28.8 Å². The van der Waals surface area contributed by atoms with Crippen molar-refractivity contribution in [1.29, 1.82) is 0 Å². The SMILES string of the molecule is CCN(CCn1c(=O)oc2cc(CO)ccc21)C1CCC(OC(=O)C(O)(c2cccs2)c2cccs2)CC1. The Kier molecular flexibility index (Phi) is 8.15. The molecule has 3 aromatic heterocycles. The van der Waals surface area contributed by atoms with Crippen molar-refractivity contribution in [2.45, 2.75) is 63.5 Å². The molecular formula is C28H32N2O6S2. The van der Waals surface area contributed by atoms with Crippen LogP contribution in [0.4, 0.5) is 0 Å². The molecule has 0 bridgehead atoms. The Morgan fingerprint density at radius 1 is 1.13 bits per heavy atom. The summed E-state index contributed by atoms with van der Waals surface area (Å²) in [6, 6.07) is 12.8. The van der Waals surface area contributed by atoms with Crippen LogP contribution >= 0.6 is 22.7 Å². The van der Waals surface area contributed by atoms with E-state index in [0.717, 1.165) is 37.7 Å². The van der Waals surface area contributed by atoms with Crippen LogP contribution in [0, 0.1) is 0 Å². The molecular weight excluding hydrogens is 524 g/mol. The first-order chi connectivity index (χ1) is 18.4. The summed E-state index contributed by atoms with van der Waals surface area (Å²) in [4.78, 5) is 29.2. The third-order valence-electron chi connectivity index (χ3n) is 7.42. The number of ether oxygens (including phenoxy) is 1. The van der Waals surface area contributed by atoms with Crippen molar-refractivity contribution in [3.63, 3.8) is 0 Å². The van der Waals surface area contributed by atoms with E-state index in [2.05, 4.69) is 11.8 Å². The number of carbonyl (C=O) groups excluding carboxylic acids is 1. The fourth-order valence-corrected chi connectivity index (χ4v) is 7.02. The second-order valence-electron chi connectivity index (χ2n) is 9.61. The summed E-state index contributed by atoms with van der Waals surface area (Å²) in [5.41, 5.74) is 0.128. The zero-order valence-corrected chi connectivity index (χ0v) is 22.9. The number of benzene rings is 1. The highest BCUT2D eigenvalue weighted by Gasteiger charge is 2.45. The van der Waals surface area contributed by atoms with Gasteiger partial charge in [-0.3, -0.25) is 9.47 Å². The van der Waals surface area contributed by atoms with E-state index in [-0.39, 0.29) is 12.7 Å². The van der Waals surface area contributed by atoms with Crippen LogP contribution in [-0.2, 0) is 28.3 Å². The quantitative estimate of drug-likeness (QED) is 0.280. The summed E-state index contributed by atoms with van der Waals surface area (Å²) in [5, 5.41) is 24.5. The first-order valence-corrected chi connectivity index (χ1v) is 14.7. The van der Waals surface area contributed by atoms with E-state index in [1.807, 2.05) is 29.0 Å². The number of aromatic nitrogens is 1. The van der Waals surface area contributed by atoms with E-state index < -0.39 is 17.3 Å². The number of hydrogen-bond donors (Lipinski definition) is 2. The van der Waals surface area contributed by atoms with Crippen molar-refractivity contribution < 1.29 is 24.2 Å². The van der Waals surface area contributed by atoms with Gasteiger partial charge in [0, 0.05) is 19.1 Å². The van der Waals surface area contributed by atoms with Crippen LogP contribution in [0.25, 0.3) is 11.1 Å². The van der Waals surface area contributed by atoms with Gasteiger partial charge in [0.1, 0.15) is 6.10 Å². The second-order valence-corrected chi connectivity index (χ2v) is 11.5. The number of carbonyl (C=O) groups is 1. The van der Waals surface area contributed by atoms with Gasteiger partial charge in [0.2, 0.25) is 5.60 Å². The number of likely N-dealkylation sites (N-methyl/N-ethyl adjacent to an activating group) is 1. The number of rotatable bonds is 10. The number of nitrogens with zero attached hydrogens (tertiary/aromatic N) is 2. The van der Waals surface area contributed by atoms with Gasteiger partial charge in [-0.05, 0) is 72.8 Å². The number of thiophene rings is 2. The standard InChI is InChI=1S/C28H32N2O6S2/c1-2-29(13-14-30-22-12-7-19(18-31)17-23(22)36-27(30)33)20-8-10-21(11-9-20)35-26(32)28(34,24-5-3-15-37-24)25-6-4-16-38-25/h3-7,12,15-17,20-21,31,34H,2,8-11,13-14,18H2,1H3. The van der Waals surface area contributed by atoms with Gasteiger partial charge >= 0.3 is 11.7 Å². The first kappa shape index (κ1) is 26.8. The Hall–Kier alpha value is -2.76. The Bertz CT molecular complexity index is 1370. The van der Waals surface area contributed by atoms with E-state index in [4.69, 9.17) is 9.15 Å². The molecule has 1 fully saturated rings. The molecule has 38 heavy (non-hydrogen) atoms. The van der Waals surface area contributed by atoms with Gasteiger partial charge in [0.25, 0.3) is 0 Å². The molecule has 0 spiro atoms. The number of fused-ring (bicyclic) bond motifs is 1. The predicted molar refractivity (Wildman–Crippen MR) is 147 cm³/mol. The van der Waals surface area contributed by atoms with Crippen molar-refractivity contribution >= 4 is 39.7 Å². The van der Waals surface area contributed by atoms with Crippen LogP contribution in [0.2, 0.25) is 0 Å². The average Bonchev–Trinajstić information content (AvgIpc) is 3.71. The highest BCUT2D eigenvalue weighted by Crippen LogP contribution is 2.38. The number of oxazole rings is 1. The normalized spacial score (nSPS) is 18.3. The molecule has 0 aliphatic heterocycles. The summed E-state index contributed by atoms with van der Waals surface area (Å²) in [5.74, 6) is -1.01. The van der Waals surface area contributed by atoms with Gasteiger partial charge in [-0.25, -0.2) is 9.59 Å². The number of esters is 1. The Labute approximate surface area is 228 Å². The molecule has 202 valence electrons. The molecule has 0 unspecified atom stereocenters. The van der Waals surface area contributed by atoms with Crippen molar-refractivity contribution in [2.24, 2.45) is 0 Å². The molecule has 0 atom stereocenters. The van der Waals surface area contributed by atoms with Crippen LogP contribution < -0.4 is 5.76 Å². The smallest absolute Gasteiger partial charge is 0.419 e. The van der Waals surface area contributed by atoms with E-state index in [1.165, 1.54) is 22.7 Å². The lowest BCUT2D eigenvalue weighted by molar-refractivity contribution is -0.169. The van der Waals surface area contributed by atoms with Crippen molar-refractivity contribution in [1.82, 2.24) is 9.47 Å². The molecule has 5 rings (SSSR count). The molecule has 0 radical (unpaired) electrons. The zero-order chi connectivity index (χ0) is 26.7. The van der Waals surface area contributed by atoms with Crippen LogP contribution in [0.3, 0.4) is 0 Å². The largest absolute Gasteiger partial charge is 0.460 e. The summed E-state index contributed by atoms with van der Waals surface area (Å²) < 4.78 is 12.9. The van der Waals surface area contributed by atoms with Crippen LogP contribution in [0.5, 0.6) is 0 Å². The molecule has 0 amide bonds. The summed E-state index contributed by atoms with van der Waals surface area (Å²) >= 11 is 2.68. The Morgan fingerprint density at radius 2 is 1.82 bits per heavy atom. The van der Waals surface area contributed by atoms with Gasteiger partial charge in [-0.2, -0.15) is 0 Å². The summed E-state index contributed by atoms with van der Waals surface area (Å²) in [6.07, 6.45) is 2.92. The van der Waals surface area contributed by atoms with Gasteiger partial charge < -0.3 is 19.4 Å². The Balaban J connectivity index is 1.20. The van der Waals surface area contributed by atoms with Crippen molar-refractivity contribution in [3.05, 3.63) is 79.1 Å². The third-order valence-corrected chi connectivity index (χ3v) is 9.37. The highest BCUT2D eigenvalue weighted by molar-refractivity contribution is 7.12. The van der Waals surface area contributed by atoms with Crippen LogP contribution in [0.1, 0.15) is 47.9 Å². The van der Waals surface area contributed by atoms with E-state index >= 15 is 0 Å². The number of aliphatic hydroxyl groups is 2. The predicted octanol–water partition coefficient (Wildman–Crippen LogP) is 4.32. The lowest BCUT2D eigenvalue weighted by Gasteiger charge is -2.37. The monoisotopic (exact) mass is 556 g/mol. The fraction of sp³-hybridized carbons (Fsp3) is 0.429. The molecule has 1 aromatic carbocycles. The molecule has 8 nitrogen and oxygen atoms in total. The molecule has 3 heterocycles. The summed E-state index contributed by atoms with van der Waals surface area (Å²) in [7, 11) is 0. The molecule has 1 saturated carbocycles. The molecule has 2 N–H and O–H groups in total. The lowest BCUT2D eigenvalue weighted by Crippen LogP contribution is -2.44. The van der Waals surface area contributed by atoms with Crippen LogP contribution in [0.15, 0.2) is 62.4 Å². The number of hydrogen-bond acceptors (Lipinski definition) is 9. The van der Waals surface area contributed by atoms with Gasteiger partial charge in [-0.1, -0.05) is 25.1 Å². The minimum atomic E-state index is -1.78. The maximum Gasteiger partial charge on any atom is 0.419 e. The molecule has 10 heteroatoms. The molecule has 1 aliphatic carbocycles. The average molecular weight is 557 g/mol. The van der Waals surface area contributed by atoms with Gasteiger partial charge in [0.05, 0.1) is 21.9 Å². The van der Waals surface area contributed by atoms with Crippen molar-refractivity contribution in [2.75, 3.05) is 13.1 Å². The lowest BCUT2D eigenvalue weighted by atomic mass is 9.91. The van der Waals surface area contributed by atoms with Crippen LogP contribution in [-0.4, -0.2) is 50.9 Å². The second kappa shape index (κ2) is 11.5. The number of aliphatic hydroxyl groups excluding tert-OH is 1. The third kappa shape index (κ3) is 5.23. The molecule has 0 saturated heterocycles. The van der Waals surface area contributed by atoms with Crippen molar-refractivity contribution in [3.8, 4) is 0 Å². The highest BCUT2D eigenvalue weighted by atomic mass is 32.1. The maximum atomic E-state index is 13.3. The fourth-order valence-electron chi connectivity index (χ4n) is 5.30.